The Morgan fingerprint density at radius 1 is 1.28 bits per heavy atom. The molecule has 5 atom stereocenters. The first-order valence-corrected chi connectivity index (χ1v) is 8.22. The Balaban J connectivity index is 2.41. The molecule has 0 saturated carbocycles. The standard InChI is InChI=1S/C16H29NO8/c1-10(7-5-6-8-12(19)23-16(2,3)4)24-17-15(22)14(21)13(20)11(9-18)25-17/h6,8,10-11,13-15,18,20-22H,5,7,9H2,1-4H3/b8-6+/t10?,11?,13-,14?,15-/m0/s1. The summed E-state index contributed by atoms with van der Waals surface area (Å²) in [6.07, 6.45) is -2.07. The molecule has 0 aliphatic carbocycles. The molecule has 0 aromatic heterocycles. The summed E-state index contributed by atoms with van der Waals surface area (Å²) in [4.78, 5) is 22.0. The molecule has 0 aromatic rings. The lowest BCUT2D eigenvalue weighted by Crippen LogP contribution is -2.61. The molecule has 0 bridgehead atoms. The fraction of sp³-hybridized carbons (Fsp3) is 0.812. The molecule has 9 nitrogen and oxygen atoms in total. The Morgan fingerprint density at radius 3 is 2.48 bits per heavy atom. The number of carbonyl (C=O) groups excluding carboxylic acids is 1. The molecule has 25 heavy (non-hydrogen) atoms. The third-order valence-corrected chi connectivity index (χ3v) is 3.36. The van der Waals surface area contributed by atoms with E-state index in [1.54, 1.807) is 33.8 Å². The number of aliphatic hydroxyl groups excluding tert-OH is 4. The number of nitrogens with zero attached hydrogens (tertiary/aromatic N) is 1. The molecule has 4 N–H and O–H groups in total. The minimum Gasteiger partial charge on any atom is -0.457 e. The maximum Gasteiger partial charge on any atom is 0.330 e. The molecule has 1 aliphatic rings. The Hall–Kier alpha value is -1.07. The van der Waals surface area contributed by atoms with Gasteiger partial charge in [-0.1, -0.05) is 6.08 Å². The van der Waals surface area contributed by atoms with Crippen LogP contribution in [0.1, 0.15) is 40.5 Å². The molecule has 1 heterocycles. The summed E-state index contributed by atoms with van der Waals surface area (Å²) >= 11 is 0. The van der Waals surface area contributed by atoms with E-state index in [-0.39, 0.29) is 0 Å². The van der Waals surface area contributed by atoms with Gasteiger partial charge in [0, 0.05) is 6.08 Å². The molecular weight excluding hydrogens is 334 g/mol. The van der Waals surface area contributed by atoms with Gasteiger partial charge in [-0.25, -0.2) is 4.79 Å². The van der Waals surface area contributed by atoms with Gasteiger partial charge in [-0.05, 0) is 45.8 Å². The smallest absolute Gasteiger partial charge is 0.330 e. The zero-order valence-electron chi connectivity index (χ0n) is 15.0. The summed E-state index contributed by atoms with van der Waals surface area (Å²) in [6, 6.07) is 0. The fourth-order valence-corrected chi connectivity index (χ4v) is 2.08. The van der Waals surface area contributed by atoms with Crippen LogP contribution in [-0.2, 0) is 19.2 Å². The van der Waals surface area contributed by atoms with E-state index in [1.165, 1.54) is 6.08 Å². The minimum absolute atomic E-state index is 0.417. The van der Waals surface area contributed by atoms with Crippen molar-refractivity contribution in [3.63, 3.8) is 0 Å². The van der Waals surface area contributed by atoms with E-state index in [2.05, 4.69) is 0 Å². The summed E-state index contributed by atoms with van der Waals surface area (Å²) < 4.78 is 5.13. The van der Waals surface area contributed by atoms with Crippen LogP contribution in [0.4, 0.5) is 0 Å². The minimum atomic E-state index is -1.59. The number of aliphatic hydroxyl groups is 4. The maximum absolute atomic E-state index is 11.5. The molecule has 3 unspecified atom stereocenters. The number of rotatable bonds is 7. The molecule has 1 rings (SSSR count). The van der Waals surface area contributed by atoms with Crippen molar-refractivity contribution >= 4 is 5.97 Å². The van der Waals surface area contributed by atoms with E-state index < -0.39 is 48.8 Å². The van der Waals surface area contributed by atoms with Gasteiger partial charge in [0.2, 0.25) is 0 Å². The third kappa shape index (κ3) is 7.37. The van der Waals surface area contributed by atoms with Gasteiger partial charge < -0.3 is 25.2 Å². The highest BCUT2D eigenvalue weighted by molar-refractivity contribution is 5.82. The SMILES string of the molecule is CC(CC/C=C/C(=O)OC(C)(C)C)ON1OC(CO)[C@H](O)C(O)[C@@H]1O. The van der Waals surface area contributed by atoms with Crippen LogP contribution in [0.3, 0.4) is 0 Å². The molecular formula is C16H29NO8. The van der Waals surface area contributed by atoms with Crippen LogP contribution >= 0.6 is 0 Å². The zero-order valence-corrected chi connectivity index (χ0v) is 15.0. The highest BCUT2D eigenvalue weighted by Gasteiger charge is 2.43. The van der Waals surface area contributed by atoms with E-state index in [1.807, 2.05) is 0 Å². The summed E-state index contributed by atoms with van der Waals surface area (Å²) in [6.45, 7) is 6.51. The van der Waals surface area contributed by atoms with Gasteiger partial charge in [0.05, 0.1) is 12.7 Å². The topological polar surface area (TPSA) is 129 Å². The number of carbonyl (C=O) groups is 1. The number of hydrogen-bond donors (Lipinski definition) is 4. The first kappa shape index (κ1) is 22.0. The van der Waals surface area contributed by atoms with E-state index in [4.69, 9.17) is 19.5 Å². The number of allylic oxidation sites excluding steroid dienone is 1. The summed E-state index contributed by atoms with van der Waals surface area (Å²) in [5, 5.41) is 39.0. The third-order valence-electron chi connectivity index (χ3n) is 3.36. The van der Waals surface area contributed by atoms with Crippen LogP contribution in [0.15, 0.2) is 12.2 Å². The summed E-state index contributed by atoms with van der Waals surface area (Å²) in [5.41, 5.74) is -0.547. The molecule has 9 heteroatoms. The van der Waals surface area contributed by atoms with Gasteiger partial charge in [0.15, 0.2) is 6.23 Å². The quantitative estimate of drug-likeness (QED) is 0.354. The van der Waals surface area contributed by atoms with Crippen molar-refractivity contribution in [2.45, 2.75) is 76.8 Å². The van der Waals surface area contributed by atoms with Crippen LogP contribution in [0.25, 0.3) is 0 Å². The first-order valence-electron chi connectivity index (χ1n) is 8.22. The second kappa shape index (κ2) is 9.58. The fourth-order valence-electron chi connectivity index (χ4n) is 2.08. The number of ether oxygens (including phenoxy) is 1. The number of hydrogen-bond acceptors (Lipinski definition) is 9. The Kier molecular flexibility index (Phi) is 8.42. The van der Waals surface area contributed by atoms with Gasteiger partial charge in [0.1, 0.15) is 23.9 Å². The first-order chi connectivity index (χ1) is 11.5. The van der Waals surface area contributed by atoms with E-state index in [0.29, 0.717) is 18.1 Å². The van der Waals surface area contributed by atoms with Crippen molar-refractivity contribution in [1.82, 2.24) is 5.23 Å². The zero-order chi connectivity index (χ0) is 19.2. The number of hydroxylamine groups is 2. The number of esters is 1. The second-order valence-electron chi connectivity index (χ2n) is 6.94. The average Bonchev–Trinajstić information content (AvgIpc) is 2.50. The second-order valence-corrected chi connectivity index (χ2v) is 6.94. The van der Waals surface area contributed by atoms with Crippen LogP contribution in [0.2, 0.25) is 0 Å². The Labute approximate surface area is 147 Å². The molecule has 146 valence electrons. The van der Waals surface area contributed by atoms with Crippen LogP contribution in [-0.4, -0.2) is 74.5 Å². The monoisotopic (exact) mass is 363 g/mol. The van der Waals surface area contributed by atoms with Gasteiger partial charge in [0.25, 0.3) is 0 Å². The largest absolute Gasteiger partial charge is 0.457 e. The van der Waals surface area contributed by atoms with E-state index in [9.17, 15) is 20.1 Å². The van der Waals surface area contributed by atoms with Crippen molar-refractivity contribution in [2.75, 3.05) is 6.61 Å². The van der Waals surface area contributed by atoms with Gasteiger partial charge in [-0.2, -0.15) is 0 Å². The lowest BCUT2D eigenvalue weighted by Gasteiger charge is -2.41. The Bertz CT molecular complexity index is 448. The van der Waals surface area contributed by atoms with E-state index >= 15 is 0 Å². The molecule has 0 radical (unpaired) electrons. The molecule has 1 saturated heterocycles. The predicted molar refractivity (Wildman–Crippen MR) is 86.6 cm³/mol. The van der Waals surface area contributed by atoms with Gasteiger partial charge in [-0.3, -0.25) is 9.68 Å². The summed E-state index contributed by atoms with van der Waals surface area (Å²) in [7, 11) is 0. The Morgan fingerprint density at radius 2 is 1.92 bits per heavy atom. The predicted octanol–water partition coefficient (Wildman–Crippen LogP) is -0.367. The van der Waals surface area contributed by atoms with Crippen LogP contribution < -0.4 is 0 Å². The summed E-state index contributed by atoms with van der Waals surface area (Å²) in [5.74, 6) is -0.432. The van der Waals surface area contributed by atoms with Crippen LogP contribution in [0.5, 0.6) is 0 Å². The lowest BCUT2D eigenvalue weighted by atomic mass is 10.1. The molecule has 1 fully saturated rings. The van der Waals surface area contributed by atoms with Gasteiger partial charge >= 0.3 is 5.97 Å². The molecule has 1 aliphatic heterocycles. The highest BCUT2D eigenvalue weighted by atomic mass is 17.0. The molecule has 0 amide bonds. The van der Waals surface area contributed by atoms with Crippen molar-refractivity contribution < 1.29 is 39.6 Å². The van der Waals surface area contributed by atoms with Crippen molar-refractivity contribution in [3.8, 4) is 0 Å². The molecule has 0 aromatic carbocycles. The van der Waals surface area contributed by atoms with Crippen molar-refractivity contribution in [2.24, 2.45) is 0 Å². The maximum atomic E-state index is 11.5. The van der Waals surface area contributed by atoms with Crippen molar-refractivity contribution in [1.29, 1.82) is 0 Å². The lowest BCUT2D eigenvalue weighted by molar-refractivity contribution is -0.485. The average molecular weight is 363 g/mol. The van der Waals surface area contributed by atoms with Crippen molar-refractivity contribution in [3.05, 3.63) is 12.2 Å². The highest BCUT2D eigenvalue weighted by Crippen LogP contribution is 2.22. The molecule has 0 spiro atoms. The van der Waals surface area contributed by atoms with E-state index in [0.717, 1.165) is 0 Å². The van der Waals surface area contributed by atoms with Gasteiger partial charge in [-0.15, -0.1) is 0 Å². The van der Waals surface area contributed by atoms with Crippen LogP contribution in [0, 0.1) is 0 Å². The normalized spacial score (nSPS) is 29.8.